The first-order chi connectivity index (χ1) is 8.36. The van der Waals surface area contributed by atoms with Crippen LogP contribution in [0.3, 0.4) is 0 Å². The molecule has 1 aliphatic heterocycles. The summed E-state index contributed by atoms with van der Waals surface area (Å²) >= 11 is 0. The minimum absolute atomic E-state index is 0. The van der Waals surface area contributed by atoms with Gasteiger partial charge in [-0.25, -0.2) is 4.98 Å². The number of halogens is 2. The number of piperazine rings is 1. The molecule has 1 saturated carbocycles. The number of nitrogens with zero attached hydrogens (tertiary/aromatic N) is 2. The first kappa shape index (κ1) is 16.5. The smallest absolute Gasteiger partial charge is 0.128 e. The van der Waals surface area contributed by atoms with Crippen LogP contribution in [0.15, 0.2) is 18.3 Å². The molecule has 4 nitrogen and oxygen atoms in total. The second-order valence-electron chi connectivity index (χ2n) is 5.05. The fraction of sp³-hybridized carbons (Fsp3) is 0.615. The van der Waals surface area contributed by atoms with E-state index >= 15 is 0 Å². The number of nitrogens with one attached hydrogen (secondary N) is 1. The highest BCUT2D eigenvalue weighted by Gasteiger charge is 2.37. The Balaban J connectivity index is 0.000000902. The highest BCUT2D eigenvalue weighted by atomic mass is 35.5. The number of aromatic nitrogens is 1. The molecule has 2 aliphatic rings. The average Bonchev–Trinajstić information content (AvgIpc) is 3.18. The van der Waals surface area contributed by atoms with E-state index in [4.69, 9.17) is 5.73 Å². The van der Waals surface area contributed by atoms with Gasteiger partial charge in [-0.3, -0.25) is 4.90 Å². The second-order valence-corrected chi connectivity index (χ2v) is 5.05. The highest BCUT2D eigenvalue weighted by Crippen LogP contribution is 2.45. The monoisotopic (exact) mass is 304 g/mol. The number of nitrogen functional groups attached to an aromatic ring is 1. The summed E-state index contributed by atoms with van der Waals surface area (Å²) in [5.74, 6) is 1.50. The van der Waals surface area contributed by atoms with E-state index in [1.807, 2.05) is 6.07 Å². The van der Waals surface area contributed by atoms with Crippen LogP contribution in [0, 0.1) is 5.92 Å². The molecule has 2 fully saturated rings. The summed E-state index contributed by atoms with van der Waals surface area (Å²) in [6, 6.07) is 4.64. The summed E-state index contributed by atoms with van der Waals surface area (Å²) in [4.78, 5) is 6.81. The normalized spacial score (nSPS) is 21.1. The summed E-state index contributed by atoms with van der Waals surface area (Å²) in [6.07, 6.45) is 4.45. The van der Waals surface area contributed by atoms with Crippen LogP contribution < -0.4 is 11.1 Å². The third-order valence-corrected chi connectivity index (χ3v) is 3.80. The predicted octanol–water partition coefficient (Wildman–Crippen LogP) is 1.86. The van der Waals surface area contributed by atoms with Crippen molar-refractivity contribution in [1.29, 1.82) is 0 Å². The molecule has 0 spiro atoms. The van der Waals surface area contributed by atoms with Crippen molar-refractivity contribution in [1.82, 2.24) is 15.2 Å². The quantitative estimate of drug-likeness (QED) is 0.895. The van der Waals surface area contributed by atoms with Gasteiger partial charge < -0.3 is 11.1 Å². The lowest BCUT2D eigenvalue weighted by molar-refractivity contribution is 0.156. The SMILES string of the molecule is Cl.Cl.Nc1ncccc1[C@H](C1CC1)N1CCNCC1. The third kappa shape index (κ3) is 3.72. The fourth-order valence-corrected chi connectivity index (χ4v) is 2.80. The molecule has 0 aromatic carbocycles. The van der Waals surface area contributed by atoms with Crippen LogP contribution in [0.25, 0.3) is 0 Å². The molecule has 3 rings (SSSR count). The van der Waals surface area contributed by atoms with E-state index in [0.717, 1.165) is 32.1 Å². The van der Waals surface area contributed by atoms with Gasteiger partial charge in [0.05, 0.1) is 0 Å². The summed E-state index contributed by atoms with van der Waals surface area (Å²) in [5.41, 5.74) is 7.27. The maximum absolute atomic E-state index is 6.04. The van der Waals surface area contributed by atoms with Gasteiger partial charge in [-0.2, -0.15) is 0 Å². The lowest BCUT2D eigenvalue weighted by atomic mass is 10.0. The molecule has 0 unspecified atom stereocenters. The molecule has 1 saturated heterocycles. The van der Waals surface area contributed by atoms with Crippen molar-refractivity contribution < 1.29 is 0 Å². The minimum atomic E-state index is 0. The van der Waals surface area contributed by atoms with Gasteiger partial charge in [0.1, 0.15) is 5.82 Å². The van der Waals surface area contributed by atoms with Crippen molar-refractivity contribution in [2.45, 2.75) is 18.9 Å². The maximum atomic E-state index is 6.04. The summed E-state index contributed by atoms with van der Waals surface area (Å²) in [6.45, 7) is 4.41. The van der Waals surface area contributed by atoms with Gasteiger partial charge in [-0.15, -0.1) is 24.8 Å². The van der Waals surface area contributed by atoms with Gasteiger partial charge in [0.2, 0.25) is 0 Å². The molecule has 6 heteroatoms. The number of anilines is 1. The van der Waals surface area contributed by atoms with Gasteiger partial charge >= 0.3 is 0 Å². The van der Waals surface area contributed by atoms with Gasteiger partial charge in [-0.1, -0.05) is 6.07 Å². The van der Waals surface area contributed by atoms with Crippen LogP contribution in [-0.4, -0.2) is 36.1 Å². The van der Waals surface area contributed by atoms with Gasteiger partial charge in [0.15, 0.2) is 0 Å². The summed E-state index contributed by atoms with van der Waals surface area (Å²) < 4.78 is 0. The molecular formula is C13H22Cl2N4. The Bertz CT molecular complexity index is 392. The number of hydrogen-bond acceptors (Lipinski definition) is 4. The van der Waals surface area contributed by atoms with E-state index in [-0.39, 0.29) is 24.8 Å². The van der Waals surface area contributed by atoms with Crippen LogP contribution >= 0.6 is 24.8 Å². The summed E-state index contributed by atoms with van der Waals surface area (Å²) in [7, 11) is 0. The minimum Gasteiger partial charge on any atom is -0.383 e. The molecular weight excluding hydrogens is 283 g/mol. The van der Waals surface area contributed by atoms with E-state index in [9.17, 15) is 0 Å². The molecule has 1 aromatic rings. The Morgan fingerprint density at radius 2 is 1.95 bits per heavy atom. The third-order valence-electron chi connectivity index (χ3n) is 3.80. The van der Waals surface area contributed by atoms with Gasteiger partial charge in [-0.05, 0) is 24.8 Å². The standard InChI is InChI=1S/C13H20N4.2ClH/c14-13-11(2-1-5-16-13)12(10-3-4-10)17-8-6-15-7-9-17;;/h1-2,5,10,12,15H,3-4,6-9H2,(H2,14,16);2*1H/t12-;;/m0../s1. The molecule has 19 heavy (non-hydrogen) atoms. The zero-order valence-corrected chi connectivity index (χ0v) is 12.6. The first-order valence-corrected chi connectivity index (χ1v) is 6.51. The molecule has 1 atom stereocenters. The molecule has 0 radical (unpaired) electrons. The number of nitrogens with two attached hydrogens (primary N) is 1. The lowest BCUT2D eigenvalue weighted by Gasteiger charge is -2.35. The van der Waals surface area contributed by atoms with E-state index < -0.39 is 0 Å². The molecule has 108 valence electrons. The van der Waals surface area contributed by atoms with Crippen LogP contribution in [0.4, 0.5) is 5.82 Å². The Kier molecular flexibility index (Phi) is 6.33. The van der Waals surface area contributed by atoms with E-state index in [2.05, 4.69) is 21.3 Å². The van der Waals surface area contributed by atoms with Crippen molar-refractivity contribution in [3.8, 4) is 0 Å². The Hall–Kier alpha value is -0.550. The van der Waals surface area contributed by atoms with Crippen molar-refractivity contribution in [3.63, 3.8) is 0 Å². The van der Waals surface area contributed by atoms with Crippen molar-refractivity contribution >= 4 is 30.6 Å². The molecule has 1 aromatic heterocycles. The fourth-order valence-electron chi connectivity index (χ4n) is 2.80. The van der Waals surface area contributed by atoms with E-state index in [1.165, 1.54) is 18.4 Å². The zero-order chi connectivity index (χ0) is 11.7. The molecule has 0 bridgehead atoms. The highest BCUT2D eigenvalue weighted by molar-refractivity contribution is 5.85. The number of rotatable bonds is 3. The molecule has 2 heterocycles. The molecule has 0 amide bonds. The van der Waals surface area contributed by atoms with Gasteiger partial charge in [0, 0.05) is 44.0 Å². The van der Waals surface area contributed by atoms with E-state index in [0.29, 0.717) is 11.9 Å². The van der Waals surface area contributed by atoms with Crippen LogP contribution in [-0.2, 0) is 0 Å². The van der Waals surface area contributed by atoms with Crippen LogP contribution in [0.5, 0.6) is 0 Å². The zero-order valence-electron chi connectivity index (χ0n) is 10.9. The van der Waals surface area contributed by atoms with Crippen LogP contribution in [0.2, 0.25) is 0 Å². The lowest BCUT2D eigenvalue weighted by Crippen LogP contribution is -2.45. The molecule has 1 aliphatic carbocycles. The number of hydrogen-bond donors (Lipinski definition) is 2. The Morgan fingerprint density at radius 1 is 1.26 bits per heavy atom. The van der Waals surface area contributed by atoms with E-state index in [1.54, 1.807) is 6.20 Å². The first-order valence-electron chi connectivity index (χ1n) is 6.51. The van der Waals surface area contributed by atoms with Crippen molar-refractivity contribution in [2.24, 2.45) is 5.92 Å². The predicted molar refractivity (Wildman–Crippen MR) is 83.1 cm³/mol. The average molecular weight is 305 g/mol. The summed E-state index contributed by atoms with van der Waals surface area (Å²) in [5, 5.41) is 3.41. The Morgan fingerprint density at radius 3 is 2.53 bits per heavy atom. The topological polar surface area (TPSA) is 54.2 Å². The van der Waals surface area contributed by atoms with Crippen LogP contribution in [0.1, 0.15) is 24.4 Å². The number of pyridine rings is 1. The largest absolute Gasteiger partial charge is 0.383 e. The Labute approximate surface area is 127 Å². The van der Waals surface area contributed by atoms with Crippen molar-refractivity contribution in [2.75, 3.05) is 31.9 Å². The maximum Gasteiger partial charge on any atom is 0.128 e. The second kappa shape index (κ2) is 7.29. The van der Waals surface area contributed by atoms with Gasteiger partial charge in [0.25, 0.3) is 0 Å². The van der Waals surface area contributed by atoms with Crippen molar-refractivity contribution in [3.05, 3.63) is 23.9 Å². The molecule has 3 N–H and O–H groups in total.